The fourth-order valence-electron chi connectivity index (χ4n) is 1.65. The number of carbonyl (C=O) groups excluding carboxylic acids is 2. The smallest absolute Gasteiger partial charge is 0.353 e. The van der Waals surface area contributed by atoms with Crippen LogP contribution in [0.3, 0.4) is 0 Å². The molecule has 0 aromatic carbocycles. The molecule has 0 radical (unpaired) electrons. The van der Waals surface area contributed by atoms with Gasteiger partial charge in [0.05, 0.1) is 11.6 Å². The van der Waals surface area contributed by atoms with Crippen molar-refractivity contribution in [2.75, 3.05) is 13.2 Å². The van der Waals surface area contributed by atoms with Crippen LogP contribution in [-0.4, -0.2) is 35.6 Å². The summed E-state index contributed by atoms with van der Waals surface area (Å²) in [5, 5.41) is 3.57. The van der Waals surface area contributed by atoms with E-state index in [-0.39, 0.29) is 30.5 Å². The van der Waals surface area contributed by atoms with Gasteiger partial charge in [0.1, 0.15) is 0 Å². The number of nitrogens with zero attached hydrogens (tertiary/aromatic N) is 1. The van der Waals surface area contributed by atoms with Gasteiger partial charge in [-0.15, -0.1) is 11.3 Å². The molecular formula is C13H18N2O4S. The summed E-state index contributed by atoms with van der Waals surface area (Å²) in [5.41, 5.74) is -0.0809. The lowest BCUT2D eigenvalue weighted by molar-refractivity contribution is -0.124. The van der Waals surface area contributed by atoms with Gasteiger partial charge in [-0.1, -0.05) is 0 Å². The van der Waals surface area contributed by atoms with Crippen molar-refractivity contribution in [1.82, 2.24) is 10.3 Å². The van der Waals surface area contributed by atoms with Crippen LogP contribution in [0.15, 0.2) is 0 Å². The lowest BCUT2D eigenvalue weighted by Gasteiger charge is -2.11. The van der Waals surface area contributed by atoms with Crippen molar-refractivity contribution in [2.45, 2.75) is 39.2 Å². The van der Waals surface area contributed by atoms with E-state index in [1.165, 1.54) is 11.3 Å². The minimum Gasteiger partial charge on any atom is -0.466 e. The molecule has 1 aliphatic rings. The molecule has 1 aromatic rings. The van der Waals surface area contributed by atoms with Gasteiger partial charge in [0, 0.05) is 5.54 Å². The predicted octanol–water partition coefficient (Wildman–Crippen LogP) is 1.68. The molecular weight excluding hydrogens is 280 g/mol. The Balaban J connectivity index is 1.94. The Kier molecular flexibility index (Phi) is 4.27. The molecule has 0 bridgehead atoms. The zero-order valence-corrected chi connectivity index (χ0v) is 12.6. The van der Waals surface area contributed by atoms with Gasteiger partial charge in [-0.05, 0) is 33.6 Å². The molecule has 1 heterocycles. The number of rotatable bonds is 6. The van der Waals surface area contributed by atoms with Crippen molar-refractivity contribution in [1.29, 1.82) is 0 Å². The highest BCUT2D eigenvalue weighted by atomic mass is 32.1. The molecule has 7 heteroatoms. The van der Waals surface area contributed by atoms with Crippen molar-refractivity contribution in [3.05, 3.63) is 9.88 Å². The molecule has 6 nitrogen and oxygen atoms in total. The van der Waals surface area contributed by atoms with Gasteiger partial charge < -0.3 is 14.8 Å². The summed E-state index contributed by atoms with van der Waals surface area (Å²) in [7, 11) is 0. The van der Waals surface area contributed by atoms with E-state index in [0.717, 1.165) is 12.8 Å². The predicted molar refractivity (Wildman–Crippen MR) is 74.1 cm³/mol. The fraction of sp³-hybridized carbons (Fsp3) is 0.615. The van der Waals surface area contributed by atoms with Gasteiger partial charge in [-0.2, -0.15) is 0 Å². The monoisotopic (exact) mass is 298 g/mol. The lowest BCUT2D eigenvalue weighted by Crippen LogP contribution is -2.37. The quantitative estimate of drug-likeness (QED) is 0.808. The van der Waals surface area contributed by atoms with Crippen LogP contribution in [-0.2, 0) is 9.53 Å². The molecule has 1 aromatic heterocycles. The third-order valence-electron chi connectivity index (χ3n) is 2.95. The summed E-state index contributed by atoms with van der Waals surface area (Å²) in [6.45, 7) is 5.63. The number of amides is 1. The molecule has 1 aliphatic carbocycles. The van der Waals surface area contributed by atoms with Crippen LogP contribution in [0, 0.1) is 6.92 Å². The first kappa shape index (κ1) is 14.8. The molecule has 20 heavy (non-hydrogen) atoms. The van der Waals surface area contributed by atoms with E-state index in [1.54, 1.807) is 13.8 Å². The number of aromatic nitrogens is 1. The number of hydrogen-bond acceptors (Lipinski definition) is 6. The lowest BCUT2D eigenvalue weighted by atomic mass is 10.3. The third-order valence-corrected chi connectivity index (χ3v) is 3.88. The van der Waals surface area contributed by atoms with Crippen molar-refractivity contribution in [2.24, 2.45) is 0 Å². The molecule has 1 N–H and O–H groups in total. The van der Waals surface area contributed by atoms with E-state index in [1.807, 2.05) is 6.92 Å². The summed E-state index contributed by atoms with van der Waals surface area (Å²) < 4.78 is 10.3. The van der Waals surface area contributed by atoms with Crippen molar-refractivity contribution in [3.8, 4) is 5.88 Å². The molecule has 1 fully saturated rings. The Morgan fingerprint density at radius 2 is 2.15 bits per heavy atom. The Bertz CT molecular complexity index is 522. The first-order valence-corrected chi connectivity index (χ1v) is 7.33. The molecule has 110 valence electrons. The molecule has 0 aliphatic heterocycles. The van der Waals surface area contributed by atoms with E-state index >= 15 is 0 Å². The highest BCUT2D eigenvalue weighted by Crippen LogP contribution is 2.34. The number of aryl methyl sites for hydroxylation is 1. The largest absolute Gasteiger partial charge is 0.466 e. The Labute approximate surface area is 121 Å². The molecule has 0 saturated heterocycles. The number of esters is 1. The van der Waals surface area contributed by atoms with E-state index in [0.29, 0.717) is 9.88 Å². The first-order valence-electron chi connectivity index (χ1n) is 6.52. The second kappa shape index (κ2) is 5.78. The van der Waals surface area contributed by atoms with E-state index in [2.05, 4.69) is 10.3 Å². The Morgan fingerprint density at radius 3 is 2.75 bits per heavy atom. The third kappa shape index (κ3) is 3.69. The van der Waals surface area contributed by atoms with E-state index in [4.69, 9.17) is 9.47 Å². The number of thiazole rings is 1. The van der Waals surface area contributed by atoms with Gasteiger partial charge in [0.15, 0.2) is 11.5 Å². The van der Waals surface area contributed by atoms with Gasteiger partial charge in [0.25, 0.3) is 5.91 Å². The normalized spacial score (nSPS) is 15.6. The molecule has 0 atom stereocenters. The maximum absolute atomic E-state index is 11.7. The minimum absolute atomic E-state index is 0.0809. The standard InChI is InChI=1S/C13H18N2O4S/c1-4-18-12(17)10-11(14-8(2)20-10)19-7-9(16)15-13(3)5-6-13/h4-7H2,1-3H3,(H,15,16). The van der Waals surface area contributed by atoms with Crippen LogP contribution in [0.25, 0.3) is 0 Å². The van der Waals surface area contributed by atoms with E-state index in [9.17, 15) is 9.59 Å². The topological polar surface area (TPSA) is 77.5 Å². The van der Waals surface area contributed by atoms with Gasteiger partial charge >= 0.3 is 5.97 Å². The SMILES string of the molecule is CCOC(=O)c1sc(C)nc1OCC(=O)NC1(C)CC1. The number of hydrogen-bond donors (Lipinski definition) is 1. The summed E-state index contributed by atoms with van der Waals surface area (Å²) in [5.74, 6) is -0.504. The average Bonchev–Trinajstić information content (AvgIpc) is 2.96. The van der Waals surface area contributed by atoms with E-state index < -0.39 is 5.97 Å². The van der Waals surface area contributed by atoms with Gasteiger partial charge in [-0.25, -0.2) is 9.78 Å². The fourth-order valence-corrected chi connectivity index (χ4v) is 2.41. The second-order valence-electron chi connectivity index (χ2n) is 4.99. The number of carbonyl (C=O) groups is 2. The number of nitrogens with one attached hydrogen (secondary N) is 1. The van der Waals surface area contributed by atoms with Gasteiger partial charge in [0.2, 0.25) is 5.88 Å². The zero-order valence-electron chi connectivity index (χ0n) is 11.8. The summed E-state index contributed by atoms with van der Waals surface area (Å²) in [4.78, 5) is 27.9. The Morgan fingerprint density at radius 1 is 1.45 bits per heavy atom. The second-order valence-corrected chi connectivity index (χ2v) is 6.19. The van der Waals surface area contributed by atoms with Crippen LogP contribution in [0.5, 0.6) is 5.88 Å². The summed E-state index contributed by atoms with van der Waals surface area (Å²) in [6, 6.07) is 0. The van der Waals surface area contributed by atoms with Crippen LogP contribution < -0.4 is 10.1 Å². The zero-order chi connectivity index (χ0) is 14.8. The van der Waals surface area contributed by atoms with Gasteiger partial charge in [-0.3, -0.25) is 4.79 Å². The summed E-state index contributed by atoms with van der Waals surface area (Å²) in [6.07, 6.45) is 1.98. The highest BCUT2D eigenvalue weighted by Gasteiger charge is 2.38. The Hall–Kier alpha value is -1.63. The van der Waals surface area contributed by atoms with Crippen LogP contribution in [0.1, 0.15) is 41.4 Å². The van der Waals surface area contributed by atoms with Crippen molar-refractivity contribution < 1.29 is 19.1 Å². The molecule has 0 spiro atoms. The summed E-state index contributed by atoms with van der Waals surface area (Å²) >= 11 is 1.20. The van der Waals surface area contributed by atoms with Crippen LogP contribution in [0.2, 0.25) is 0 Å². The minimum atomic E-state index is -0.470. The van der Waals surface area contributed by atoms with Crippen LogP contribution in [0.4, 0.5) is 0 Å². The van der Waals surface area contributed by atoms with Crippen molar-refractivity contribution >= 4 is 23.2 Å². The molecule has 1 saturated carbocycles. The average molecular weight is 298 g/mol. The molecule has 1 amide bonds. The maximum Gasteiger partial charge on any atom is 0.353 e. The van der Waals surface area contributed by atoms with Crippen LogP contribution >= 0.6 is 11.3 Å². The number of ether oxygens (including phenoxy) is 2. The molecule has 0 unspecified atom stereocenters. The maximum atomic E-state index is 11.7. The highest BCUT2D eigenvalue weighted by molar-refractivity contribution is 7.13. The van der Waals surface area contributed by atoms with Crippen molar-refractivity contribution in [3.63, 3.8) is 0 Å². The molecule has 2 rings (SSSR count). The first-order chi connectivity index (χ1) is 9.43.